The van der Waals surface area contributed by atoms with E-state index in [0.29, 0.717) is 22.8 Å². The summed E-state index contributed by atoms with van der Waals surface area (Å²) >= 11 is 1.33. The molecular formula is C26H31F3N8O2S. The smallest absolute Gasteiger partial charge is 0.379 e. The number of anilines is 4. The van der Waals surface area contributed by atoms with E-state index in [9.17, 15) is 18.0 Å². The standard InChI is InChI=1S/C26H31F3N8O2S/c1-17-14-22(35-34-17)31-21-15-23(37-8-6-19(7-9-37)36-10-12-39-13-11-36)33-25(32-21)40-20-4-2-18(3-5-20)30-24(38)16-26(27,28)29/h2-5,14-15,19H,6-13,16H2,1H3,(H,30,38)(H2,31,32,33,34,35). The fourth-order valence-electron chi connectivity index (χ4n) is 4.81. The number of morpholine rings is 1. The van der Waals surface area contributed by atoms with Gasteiger partial charge >= 0.3 is 6.18 Å². The maximum absolute atomic E-state index is 12.5. The third kappa shape index (κ3) is 7.86. The molecule has 0 spiro atoms. The molecule has 0 radical (unpaired) electrons. The first-order valence-electron chi connectivity index (χ1n) is 13.1. The quantitative estimate of drug-likeness (QED) is 0.332. The van der Waals surface area contributed by atoms with Crippen LogP contribution >= 0.6 is 11.8 Å². The monoisotopic (exact) mass is 576 g/mol. The summed E-state index contributed by atoms with van der Waals surface area (Å²) in [5, 5.41) is 13.2. The van der Waals surface area contributed by atoms with Gasteiger partial charge in [-0.1, -0.05) is 0 Å². The summed E-state index contributed by atoms with van der Waals surface area (Å²) in [5.41, 5.74) is 1.13. The van der Waals surface area contributed by atoms with Crippen molar-refractivity contribution in [1.82, 2.24) is 25.1 Å². The van der Waals surface area contributed by atoms with Crippen LogP contribution in [0.2, 0.25) is 0 Å². The van der Waals surface area contributed by atoms with Gasteiger partial charge in [0.1, 0.15) is 23.9 Å². The number of H-pyrrole nitrogens is 1. The Bertz CT molecular complexity index is 1290. The zero-order valence-corrected chi connectivity index (χ0v) is 22.8. The number of rotatable bonds is 8. The number of carbonyl (C=O) groups is 1. The molecule has 0 aliphatic carbocycles. The molecule has 0 bridgehead atoms. The predicted molar refractivity (Wildman–Crippen MR) is 146 cm³/mol. The molecule has 0 unspecified atom stereocenters. The second kappa shape index (κ2) is 12.4. The van der Waals surface area contributed by atoms with E-state index < -0.39 is 18.5 Å². The van der Waals surface area contributed by atoms with E-state index in [1.165, 1.54) is 11.8 Å². The second-order valence-electron chi connectivity index (χ2n) is 9.78. The Labute approximate surface area is 234 Å². The Kier molecular flexibility index (Phi) is 8.76. The van der Waals surface area contributed by atoms with Crippen LogP contribution in [0.5, 0.6) is 0 Å². The Morgan fingerprint density at radius 2 is 1.82 bits per heavy atom. The van der Waals surface area contributed by atoms with E-state index in [0.717, 1.165) is 68.6 Å². The van der Waals surface area contributed by atoms with E-state index in [2.05, 4.69) is 35.6 Å². The molecule has 0 atom stereocenters. The molecule has 2 aliphatic heterocycles. The maximum atomic E-state index is 12.5. The van der Waals surface area contributed by atoms with Gasteiger partial charge in [0.25, 0.3) is 0 Å². The largest absolute Gasteiger partial charge is 0.397 e. The number of aromatic nitrogens is 4. The molecule has 4 heterocycles. The van der Waals surface area contributed by atoms with Gasteiger partial charge in [0, 0.05) is 54.9 Å². The molecule has 1 amide bonds. The highest BCUT2D eigenvalue weighted by Crippen LogP contribution is 2.31. The van der Waals surface area contributed by atoms with Crippen molar-refractivity contribution < 1.29 is 22.7 Å². The van der Waals surface area contributed by atoms with Crippen molar-refractivity contribution in [1.29, 1.82) is 0 Å². The van der Waals surface area contributed by atoms with E-state index >= 15 is 0 Å². The number of hydrogen-bond acceptors (Lipinski definition) is 9. The van der Waals surface area contributed by atoms with Crippen LogP contribution in [0.3, 0.4) is 0 Å². The maximum Gasteiger partial charge on any atom is 0.397 e. The molecule has 2 fully saturated rings. The molecule has 2 aliphatic rings. The SMILES string of the molecule is Cc1cc(Nc2cc(N3CCC(N4CCOCC4)CC3)nc(Sc3ccc(NC(=O)CC(F)(F)F)cc3)n2)[nH]n1. The number of aromatic amines is 1. The third-order valence-electron chi connectivity index (χ3n) is 6.72. The van der Waals surface area contributed by atoms with E-state index in [4.69, 9.17) is 9.72 Å². The molecule has 0 saturated carbocycles. The van der Waals surface area contributed by atoms with Crippen molar-refractivity contribution in [3.05, 3.63) is 42.1 Å². The number of halogens is 3. The highest BCUT2D eigenvalue weighted by atomic mass is 32.2. The minimum Gasteiger partial charge on any atom is -0.379 e. The van der Waals surface area contributed by atoms with Gasteiger partial charge in [-0.2, -0.15) is 18.3 Å². The van der Waals surface area contributed by atoms with Crippen LogP contribution in [-0.2, 0) is 9.53 Å². The summed E-state index contributed by atoms with van der Waals surface area (Å²) in [6.07, 6.45) is -4.01. The van der Waals surface area contributed by atoms with Crippen LogP contribution in [0.1, 0.15) is 25.0 Å². The van der Waals surface area contributed by atoms with Crippen LogP contribution in [-0.4, -0.2) is 82.6 Å². The minimum absolute atomic E-state index is 0.286. The fourth-order valence-corrected chi connectivity index (χ4v) is 5.58. The van der Waals surface area contributed by atoms with Gasteiger partial charge in [-0.15, -0.1) is 0 Å². The molecule has 10 nitrogen and oxygen atoms in total. The van der Waals surface area contributed by atoms with Crippen molar-refractivity contribution in [3.63, 3.8) is 0 Å². The third-order valence-corrected chi connectivity index (χ3v) is 7.59. The molecular weight excluding hydrogens is 545 g/mol. The molecule has 3 aromatic rings. The number of amides is 1. The van der Waals surface area contributed by atoms with Gasteiger partial charge < -0.3 is 20.3 Å². The summed E-state index contributed by atoms with van der Waals surface area (Å²) < 4.78 is 42.9. The van der Waals surface area contributed by atoms with Crippen molar-refractivity contribution >= 4 is 40.8 Å². The molecule has 2 aromatic heterocycles. The molecule has 214 valence electrons. The fraction of sp³-hybridized carbons (Fsp3) is 0.462. The Hall–Kier alpha value is -3.36. The first kappa shape index (κ1) is 28.2. The number of benzene rings is 1. The Morgan fingerprint density at radius 1 is 1.10 bits per heavy atom. The first-order valence-corrected chi connectivity index (χ1v) is 13.9. The Balaban J connectivity index is 1.29. The number of alkyl halides is 3. The van der Waals surface area contributed by atoms with E-state index in [1.807, 2.05) is 19.1 Å². The number of aryl methyl sites for hydroxylation is 1. The lowest BCUT2D eigenvalue weighted by molar-refractivity contribution is -0.150. The lowest BCUT2D eigenvalue weighted by atomic mass is 10.0. The molecule has 2 saturated heterocycles. The molecule has 3 N–H and O–H groups in total. The number of hydrogen-bond donors (Lipinski definition) is 3. The topological polar surface area (TPSA) is 111 Å². The van der Waals surface area contributed by atoms with Gasteiger partial charge in [0.15, 0.2) is 5.16 Å². The van der Waals surface area contributed by atoms with Gasteiger partial charge in [0.05, 0.1) is 18.9 Å². The predicted octanol–water partition coefficient (Wildman–Crippen LogP) is 4.59. The number of piperidine rings is 1. The number of ether oxygens (including phenoxy) is 1. The molecule has 40 heavy (non-hydrogen) atoms. The second-order valence-corrected chi connectivity index (χ2v) is 10.8. The number of nitrogens with one attached hydrogen (secondary N) is 3. The Morgan fingerprint density at radius 3 is 2.48 bits per heavy atom. The normalized spacial score (nSPS) is 17.1. The van der Waals surface area contributed by atoms with Crippen LogP contribution in [0.15, 0.2) is 46.5 Å². The number of nitrogens with zero attached hydrogens (tertiary/aromatic N) is 5. The first-order chi connectivity index (χ1) is 19.2. The number of carbonyl (C=O) groups excluding carboxylic acids is 1. The van der Waals surface area contributed by atoms with Gasteiger partial charge in [-0.3, -0.25) is 14.8 Å². The van der Waals surface area contributed by atoms with Gasteiger partial charge in [0.2, 0.25) is 5.91 Å². The average molecular weight is 577 g/mol. The summed E-state index contributed by atoms with van der Waals surface area (Å²) in [5.74, 6) is 1.03. The van der Waals surface area contributed by atoms with Gasteiger partial charge in [-0.05, 0) is 55.8 Å². The lowest BCUT2D eigenvalue weighted by Gasteiger charge is -2.40. The lowest BCUT2D eigenvalue weighted by Crippen LogP contribution is -2.49. The minimum atomic E-state index is -4.55. The van der Waals surface area contributed by atoms with Gasteiger partial charge in [-0.25, -0.2) is 9.97 Å². The van der Waals surface area contributed by atoms with Crippen molar-refractivity contribution in [2.75, 3.05) is 54.9 Å². The van der Waals surface area contributed by atoms with E-state index in [1.54, 1.807) is 24.3 Å². The summed E-state index contributed by atoms with van der Waals surface area (Å²) in [6.45, 7) is 7.16. The zero-order chi connectivity index (χ0) is 28.1. The van der Waals surface area contributed by atoms with Crippen LogP contribution in [0, 0.1) is 6.92 Å². The molecule has 14 heteroatoms. The highest BCUT2D eigenvalue weighted by molar-refractivity contribution is 7.99. The summed E-state index contributed by atoms with van der Waals surface area (Å²) in [7, 11) is 0. The highest BCUT2D eigenvalue weighted by Gasteiger charge is 2.31. The zero-order valence-electron chi connectivity index (χ0n) is 22.0. The summed E-state index contributed by atoms with van der Waals surface area (Å²) in [6, 6.07) is 10.9. The molecule has 1 aromatic carbocycles. The van der Waals surface area contributed by atoms with Crippen LogP contribution < -0.4 is 15.5 Å². The van der Waals surface area contributed by atoms with Crippen molar-refractivity contribution in [2.24, 2.45) is 0 Å². The summed E-state index contributed by atoms with van der Waals surface area (Å²) in [4.78, 5) is 26.7. The molecule has 5 rings (SSSR count). The van der Waals surface area contributed by atoms with Crippen molar-refractivity contribution in [2.45, 2.75) is 48.5 Å². The van der Waals surface area contributed by atoms with E-state index in [-0.39, 0.29) is 5.69 Å². The van der Waals surface area contributed by atoms with Crippen LogP contribution in [0.4, 0.5) is 36.3 Å². The van der Waals surface area contributed by atoms with Crippen LogP contribution in [0.25, 0.3) is 0 Å². The van der Waals surface area contributed by atoms with Crippen molar-refractivity contribution in [3.8, 4) is 0 Å². The average Bonchev–Trinajstić information content (AvgIpc) is 3.33.